The molecule has 4 aromatic heterocycles. The van der Waals surface area contributed by atoms with Crippen LogP contribution in [0.2, 0.25) is 0 Å². The van der Waals surface area contributed by atoms with E-state index in [1.54, 1.807) is 6.26 Å². The van der Waals surface area contributed by atoms with Gasteiger partial charge in [-0.25, -0.2) is 14.4 Å². The third kappa shape index (κ3) is 35.4. The lowest BCUT2D eigenvalue weighted by atomic mass is 10.1. The highest BCUT2D eigenvalue weighted by Gasteiger charge is 2.31. The van der Waals surface area contributed by atoms with E-state index in [0.717, 1.165) is 83.7 Å². The number of aldehydes is 2. The number of carboxylic acid groups (broad SMARTS) is 6. The number of fused-ring (bicyclic) bond motifs is 4. The summed E-state index contributed by atoms with van der Waals surface area (Å²) in [5, 5.41) is 69.7. The SMILES string of the molecule is Cc1c2ccn1CCCCC(C(=O)O)NC(=O)C(NC(=O)CCC(N)C(=O)O)CS2.Cc1cc2cn1CCCCC(C(=O)O)NC(=O)C(NC(=O)CCC(N)C(=O)O)CS2.Cc1cccn1CCCCC(NC(=O)C(CS)NC(=O)CCC(N)C(=O)O)C(=O)O.Cc1ccco1.O=C/C=C\C=O. The number of rotatable bonds is 28. The Bertz CT molecular complexity index is 3380. The van der Waals surface area contributed by atoms with Gasteiger partial charge >= 0.3 is 35.8 Å². The van der Waals surface area contributed by atoms with E-state index in [-0.39, 0.29) is 75.0 Å². The first kappa shape index (κ1) is 88.9. The van der Waals surface area contributed by atoms with Crippen LogP contribution in [0.25, 0.3) is 0 Å². The Morgan fingerprint density at radius 1 is 0.618 bits per heavy atom. The molecular weight excluding hydrogens is 1390 g/mol. The van der Waals surface area contributed by atoms with Gasteiger partial charge in [0.15, 0.2) is 0 Å². The summed E-state index contributed by atoms with van der Waals surface area (Å²) in [7, 11) is 0. The second kappa shape index (κ2) is 48.6. The average Bonchev–Trinajstić information content (AvgIpc) is 1.69. The summed E-state index contributed by atoms with van der Waals surface area (Å²) in [5.41, 5.74) is 19.4. The standard InChI is InChI=1S/2C19H28N4O6S.C19H30N4O6S.C5H6O.C4H4O2/c1-11-15-7-9-23(11)8-3-2-4-13(19(28)29)22-17(25)14(10-30-15)21-16(24)6-5-12(20)18(26)27;1-11-8-12-9-23(11)7-3-2-4-14(19(28)29)22-17(25)15(10-30-12)21-16(24)6-5-13(20)18(26)27;1-12-5-4-10-23(12)9-3-2-6-14(19(28)29)22-17(25)15(11-30)21-16(24)8-7-13(20)18(26)27;1-5-3-2-4-6-5;5-3-1-2-4-6/h7,9,12-14H,2-6,8,10,20H2,1H3,(H,21,24)(H,22,25)(H,26,27)(H,28,29);8-9,13-15H,2-7,10,20H2,1H3,(H,21,24)(H,22,25)(H,26,27)(H,28,29);4-5,10,13-15,30H,2-3,6-9,11,20H2,1H3,(H,21,24)(H,22,25)(H,26,27)(H,28,29);2-4H,1H3;1-4H/b;;;;2-1-. The van der Waals surface area contributed by atoms with E-state index < -0.39 is 126 Å². The summed E-state index contributed by atoms with van der Waals surface area (Å²) in [5.74, 6) is -9.10. The van der Waals surface area contributed by atoms with E-state index in [2.05, 4.69) is 58.2 Å². The lowest BCUT2D eigenvalue weighted by Crippen LogP contribution is -2.52. The van der Waals surface area contributed by atoms with Crippen molar-refractivity contribution in [3.63, 3.8) is 0 Å². The van der Waals surface area contributed by atoms with Crippen LogP contribution in [0.4, 0.5) is 0 Å². The van der Waals surface area contributed by atoms with Crippen molar-refractivity contribution in [1.82, 2.24) is 45.6 Å². The smallest absolute Gasteiger partial charge is 0.326 e. The molecule has 0 aromatic carbocycles. The molecule has 6 rings (SSSR count). The number of furan rings is 1. The van der Waals surface area contributed by atoms with Gasteiger partial charge in [-0.1, -0.05) is 0 Å². The third-order valence-electron chi connectivity index (χ3n) is 15.5. The number of allylic oxidation sites excluding steroid dienone is 2. The number of aromatic nitrogens is 3. The molecule has 6 heterocycles. The largest absolute Gasteiger partial charge is 0.480 e. The van der Waals surface area contributed by atoms with Gasteiger partial charge < -0.3 is 97.9 Å². The first-order valence-electron chi connectivity index (χ1n) is 32.6. The fraction of sp³-hybridized carbons (Fsp3) is 0.515. The number of hydrogen-bond acceptors (Lipinski definition) is 21. The molecule has 0 saturated carbocycles. The molecule has 2 aliphatic heterocycles. The van der Waals surface area contributed by atoms with Crippen molar-refractivity contribution in [1.29, 1.82) is 0 Å². The minimum atomic E-state index is -1.22. The average molecular weight is 1490 g/mol. The van der Waals surface area contributed by atoms with Crippen molar-refractivity contribution < 1.29 is 102 Å². The van der Waals surface area contributed by atoms with Crippen LogP contribution in [0.15, 0.2) is 87.6 Å². The molecule has 2 aliphatic rings. The molecule has 0 aliphatic carbocycles. The molecule has 9 unspecified atom stereocenters. The van der Waals surface area contributed by atoms with Crippen LogP contribution >= 0.6 is 36.2 Å². The Balaban J connectivity index is 0.000000478. The lowest BCUT2D eigenvalue weighted by molar-refractivity contribution is -0.142. The van der Waals surface area contributed by atoms with Crippen molar-refractivity contribution >= 4 is 120 Å². The maximum absolute atomic E-state index is 12.7. The number of amides is 6. The van der Waals surface area contributed by atoms with Crippen LogP contribution in [0, 0.1) is 27.7 Å². The predicted molar refractivity (Wildman–Crippen MR) is 378 cm³/mol. The molecule has 6 amide bonds. The molecule has 4 bridgehead atoms. The van der Waals surface area contributed by atoms with Gasteiger partial charge in [0, 0.05) is 102 Å². The van der Waals surface area contributed by atoms with Gasteiger partial charge in [0.05, 0.1) is 6.26 Å². The lowest BCUT2D eigenvalue weighted by Gasteiger charge is -2.21. The Hall–Kier alpha value is -9.23. The molecule has 564 valence electrons. The fourth-order valence-electron chi connectivity index (χ4n) is 9.45. The molecule has 9 atom stereocenters. The van der Waals surface area contributed by atoms with Crippen LogP contribution in [-0.2, 0) is 86.8 Å². The summed E-state index contributed by atoms with van der Waals surface area (Å²) < 4.78 is 11.1. The van der Waals surface area contributed by atoms with Gasteiger partial charge in [-0.2, -0.15) is 12.6 Å². The van der Waals surface area contributed by atoms with E-state index in [0.29, 0.717) is 31.8 Å². The molecule has 102 heavy (non-hydrogen) atoms. The number of nitrogens with two attached hydrogens (primary N) is 3. The van der Waals surface area contributed by atoms with Crippen molar-refractivity contribution in [2.75, 3.05) is 17.3 Å². The maximum atomic E-state index is 12.7. The van der Waals surface area contributed by atoms with Gasteiger partial charge in [0.2, 0.25) is 35.4 Å². The molecule has 4 aromatic rings. The van der Waals surface area contributed by atoms with E-state index in [4.69, 9.17) is 36.9 Å². The minimum absolute atomic E-state index is 0.0399. The van der Waals surface area contributed by atoms with E-state index in [1.165, 1.54) is 23.5 Å². The van der Waals surface area contributed by atoms with Crippen molar-refractivity contribution in [3.8, 4) is 0 Å². The number of nitrogens with one attached hydrogen (secondary N) is 6. The Labute approximate surface area is 603 Å². The zero-order valence-corrected chi connectivity index (χ0v) is 59.8. The van der Waals surface area contributed by atoms with Crippen molar-refractivity contribution in [3.05, 3.63) is 96.2 Å². The van der Waals surface area contributed by atoms with Crippen LogP contribution < -0.4 is 49.1 Å². The first-order chi connectivity index (χ1) is 48.3. The monoisotopic (exact) mass is 1490 g/mol. The highest BCUT2D eigenvalue weighted by molar-refractivity contribution is 7.99. The number of thiol groups is 1. The third-order valence-corrected chi connectivity index (χ3v) is 18.2. The van der Waals surface area contributed by atoms with Gasteiger partial charge in [0.25, 0.3) is 0 Å². The molecule has 0 radical (unpaired) electrons. The number of unbranched alkanes of at least 4 members (excludes halogenated alkanes) is 1. The summed E-state index contributed by atoms with van der Waals surface area (Å²) in [4.78, 5) is 162. The molecule has 0 spiro atoms. The van der Waals surface area contributed by atoms with Crippen molar-refractivity contribution in [2.45, 2.75) is 208 Å². The van der Waals surface area contributed by atoms with Gasteiger partial charge in [-0.15, -0.1) is 23.5 Å². The Kier molecular flexibility index (Phi) is 42.3. The topological polar surface area (TPSA) is 539 Å². The van der Waals surface area contributed by atoms with Crippen molar-refractivity contribution in [2.24, 2.45) is 17.2 Å². The zero-order valence-electron chi connectivity index (χ0n) is 57.3. The quantitative estimate of drug-likeness (QED) is 0.0168. The Morgan fingerprint density at radius 2 is 1.13 bits per heavy atom. The predicted octanol–water partition coefficient (Wildman–Crippen LogP) is 2.31. The highest BCUT2D eigenvalue weighted by atomic mass is 32.2. The van der Waals surface area contributed by atoms with Crippen LogP contribution in [-0.4, -0.2) is 200 Å². The normalized spacial score (nSPS) is 17.6. The molecule has 0 fully saturated rings. The van der Waals surface area contributed by atoms with E-state index in [9.17, 15) is 82.4 Å². The number of hydrogen-bond donors (Lipinski definition) is 16. The minimum Gasteiger partial charge on any atom is -0.480 e. The molecule has 0 saturated heterocycles. The van der Waals surface area contributed by atoms with Gasteiger partial charge in [0.1, 0.15) is 72.7 Å². The maximum Gasteiger partial charge on any atom is 0.326 e. The fourth-order valence-corrected chi connectivity index (χ4v) is 11.8. The van der Waals surface area contributed by atoms with Gasteiger partial charge in [-0.3, -0.25) is 52.7 Å². The highest BCUT2D eigenvalue weighted by Crippen LogP contribution is 2.26. The summed E-state index contributed by atoms with van der Waals surface area (Å²) in [6, 6.07) is 2.04. The van der Waals surface area contributed by atoms with Gasteiger partial charge in [-0.05, 0) is 153 Å². The summed E-state index contributed by atoms with van der Waals surface area (Å²) in [6.45, 7) is 10.1. The number of thioether (sulfide) groups is 2. The van der Waals surface area contributed by atoms with E-state index in [1.807, 2.05) is 82.7 Å². The number of aryl methyl sites for hydroxylation is 6. The summed E-state index contributed by atoms with van der Waals surface area (Å²) >= 11 is 6.81. The van der Waals surface area contributed by atoms with Crippen LogP contribution in [0.3, 0.4) is 0 Å². The number of aliphatic carboxylic acids is 6. The van der Waals surface area contributed by atoms with Crippen LogP contribution in [0.5, 0.6) is 0 Å². The second-order valence-electron chi connectivity index (χ2n) is 23.5. The Morgan fingerprint density at radius 3 is 1.56 bits per heavy atom. The number of carbonyl (C=O) groups excluding carboxylic acids is 8. The first-order valence-corrected chi connectivity index (χ1v) is 35.2. The number of carbonyl (C=O) groups is 14. The second-order valence-corrected chi connectivity index (χ2v) is 26.0. The summed E-state index contributed by atoms with van der Waals surface area (Å²) in [6.07, 6.45) is 15.2. The van der Waals surface area contributed by atoms with Crippen LogP contribution in [0.1, 0.15) is 119 Å². The molecule has 36 heteroatoms. The van der Waals surface area contributed by atoms with E-state index >= 15 is 0 Å². The zero-order chi connectivity index (χ0) is 76.4. The number of nitrogens with zero attached hydrogens (tertiary/aromatic N) is 3. The number of carboxylic acids is 6. The molecule has 33 nitrogen and oxygen atoms in total. The molecular formula is C66H96N12O21S3. The molecule has 18 N–H and O–H groups in total.